The molecule has 2 rings (SSSR count). The first kappa shape index (κ1) is 12.9. The third-order valence-corrected chi connectivity index (χ3v) is 4.84. The Kier molecular flexibility index (Phi) is 4.08. The zero-order valence-corrected chi connectivity index (χ0v) is 10.9. The molecule has 2 N–H and O–H groups in total. The van der Waals surface area contributed by atoms with Crippen LogP contribution in [0.25, 0.3) is 0 Å². The number of carbonyl (C=O) groups is 1. The fourth-order valence-corrected chi connectivity index (χ4v) is 3.46. The van der Waals surface area contributed by atoms with Gasteiger partial charge in [-0.1, -0.05) is 26.2 Å². The smallest absolute Gasteiger partial charge is 0.223 e. The molecule has 0 bridgehead atoms. The SMILES string of the molecule is CC1CCCC1C(=O)NCC1(CO)CCCC1. The molecule has 0 aromatic carbocycles. The average Bonchev–Trinajstić information content (AvgIpc) is 2.95. The summed E-state index contributed by atoms with van der Waals surface area (Å²) in [6.07, 6.45) is 7.91. The molecule has 2 aliphatic carbocycles. The molecule has 98 valence electrons. The Labute approximate surface area is 104 Å². The molecular formula is C14H25NO2. The highest BCUT2D eigenvalue weighted by Gasteiger charge is 2.35. The van der Waals surface area contributed by atoms with Gasteiger partial charge in [0.1, 0.15) is 0 Å². The number of aliphatic hydroxyl groups excluding tert-OH is 1. The summed E-state index contributed by atoms with van der Waals surface area (Å²) in [6, 6.07) is 0. The zero-order chi connectivity index (χ0) is 12.3. The monoisotopic (exact) mass is 239 g/mol. The molecule has 2 fully saturated rings. The number of nitrogens with one attached hydrogen (secondary N) is 1. The Balaban J connectivity index is 1.82. The molecule has 0 aromatic rings. The first-order valence-corrected chi connectivity index (χ1v) is 7.05. The predicted molar refractivity (Wildman–Crippen MR) is 67.5 cm³/mol. The van der Waals surface area contributed by atoms with E-state index >= 15 is 0 Å². The Morgan fingerprint density at radius 2 is 2.00 bits per heavy atom. The van der Waals surface area contributed by atoms with E-state index in [1.807, 2.05) is 0 Å². The number of hydrogen-bond acceptors (Lipinski definition) is 2. The van der Waals surface area contributed by atoms with E-state index in [0.717, 1.165) is 19.3 Å². The van der Waals surface area contributed by atoms with Crippen LogP contribution in [0.4, 0.5) is 0 Å². The molecule has 0 aliphatic heterocycles. The van der Waals surface area contributed by atoms with Crippen LogP contribution < -0.4 is 5.32 Å². The molecule has 0 saturated heterocycles. The predicted octanol–water partition coefficient (Wildman–Crippen LogP) is 2.09. The van der Waals surface area contributed by atoms with Crippen molar-refractivity contribution in [2.24, 2.45) is 17.3 Å². The molecule has 0 radical (unpaired) electrons. The van der Waals surface area contributed by atoms with Gasteiger partial charge in [0.15, 0.2) is 0 Å². The minimum absolute atomic E-state index is 0.0164. The largest absolute Gasteiger partial charge is 0.396 e. The summed E-state index contributed by atoms with van der Waals surface area (Å²) >= 11 is 0. The Morgan fingerprint density at radius 1 is 1.29 bits per heavy atom. The minimum Gasteiger partial charge on any atom is -0.396 e. The summed E-state index contributed by atoms with van der Waals surface area (Å²) in [5.74, 6) is 0.963. The van der Waals surface area contributed by atoms with Crippen molar-refractivity contribution < 1.29 is 9.90 Å². The molecule has 0 aromatic heterocycles. The highest BCUT2D eigenvalue weighted by molar-refractivity contribution is 5.79. The van der Waals surface area contributed by atoms with Crippen molar-refractivity contribution in [2.75, 3.05) is 13.2 Å². The van der Waals surface area contributed by atoms with Crippen molar-refractivity contribution in [3.63, 3.8) is 0 Å². The van der Waals surface area contributed by atoms with E-state index in [-0.39, 0.29) is 23.8 Å². The standard InChI is InChI=1S/C14H25NO2/c1-11-5-4-6-12(11)13(17)15-9-14(10-16)7-2-3-8-14/h11-12,16H,2-10H2,1H3,(H,15,17). The van der Waals surface area contributed by atoms with Gasteiger partial charge in [-0.15, -0.1) is 0 Å². The van der Waals surface area contributed by atoms with E-state index in [0.29, 0.717) is 12.5 Å². The second kappa shape index (κ2) is 5.38. The number of rotatable bonds is 4. The van der Waals surface area contributed by atoms with E-state index in [9.17, 15) is 9.90 Å². The molecule has 3 nitrogen and oxygen atoms in total. The van der Waals surface area contributed by atoms with Gasteiger partial charge in [-0.3, -0.25) is 4.79 Å². The Hall–Kier alpha value is -0.570. The van der Waals surface area contributed by atoms with E-state index in [1.54, 1.807) is 0 Å². The highest BCUT2D eigenvalue weighted by atomic mass is 16.3. The van der Waals surface area contributed by atoms with Gasteiger partial charge in [-0.25, -0.2) is 0 Å². The lowest BCUT2D eigenvalue weighted by Gasteiger charge is -2.27. The summed E-state index contributed by atoms with van der Waals surface area (Å²) in [5, 5.41) is 12.6. The maximum atomic E-state index is 12.1. The summed E-state index contributed by atoms with van der Waals surface area (Å²) in [7, 11) is 0. The molecular weight excluding hydrogens is 214 g/mol. The summed E-state index contributed by atoms with van der Waals surface area (Å²) in [5.41, 5.74) is -0.0164. The van der Waals surface area contributed by atoms with Crippen LogP contribution in [0.2, 0.25) is 0 Å². The molecule has 2 aliphatic rings. The summed E-state index contributed by atoms with van der Waals surface area (Å²) < 4.78 is 0. The number of hydrogen-bond donors (Lipinski definition) is 2. The number of aliphatic hydroxyl groups is 1. The fourth-order valence-electron chi connectivity index (χ4n) is 3.46. The van der Waals surface area contributed by atoms with E-state index in [4.69, 9.17) is 0 Å². The van der Waals surface area contributed by atoms with Gasteiger partial charge in [0.2, 0.25) is 5.91 Å². The Bertz CT molecular complexity index is 271. The average molecular weight is 239 g/mol. The van der Waals surface area contributed by atoms with Gasteiger partial charge in [0.05, 0.1) is 6.61 Å². The van der Waals surface area contributed by atoms with Crippen molar-refractivity contribution in [2.45, 2.75) is 51.9 Å². The molecule has 1 amide bonds. The quantitative estimate of drug-likeness (QED) is 0.789. The number of carbonyl (C=O) groups excluding carboxylic acids is 1. The summed E-state index contributed by atoms with van der Waals surface area (Å²) in [4.78, 5) is 12.1. The maximum absolute atomic E-state index is 12.1. The lowest BCUT2D eigenvalue weighted by molar-refractivity contribution is -0.126. The minimum atomic E-state index is -0.0164. The zero-order valence-electron chi connectivity index (χ0n) is 10.9. The van der Waals surface area contributed by atoms with Crippen molar-refractivity contribution >= 4 is 5.91 Å². The molecule has 0 heterocycles. The topological polar surface area (TPSA) is 49.3 Å². The second-order valence-corrected chi connectivity index (χ2v) is 6.10. The lowest BCUT2D eigenvalue weighted by Crippen LogP contribution is -2.41. The van der Waals surface area contributed by atoms with E-state index in [1.165, 1.54) is 25.7 Å². The van der Waals surface area contributed by atoms with Crippen LogP contribution in [0.5, 0.6) is 0 Å². The second-order valence-electron chi connectivity index (χ2n) is 6.10. The van der Waals surface area contributed by atoms with Crippen LogP contribution in [0, 0.1) is 17.3 Å². The van der Waals surface area contributed by atoms with Crippen molar-refractivity contribution in [1.29, 1.82) is 0 Å². The third-order valence-electron chi connectivity index (χ3n) is 4.84. The van der Waals surface area contributed by atoms with Gasteiger partial charge in [0, 0.05) is 17.9 Å². The van der Waals surface area contributed by atoms with Gasteiger partial charge >= 0.3 is 0 Å². The van der Waals surface area contributed by atoms with Crippen molar-refractivity contribution in [3.05, 3.63) is 0 Å². The van der Waals surface area contributed by atoms with Crippen LogP contribution in [-0.2, 0) is 4.79 Å². The third kappa shape index (κ3) is 2.82. The van der Waals surface area contributed by atoms with Crippen molar-refractivity contribution in [3.8, 4) is 0 Å². The van der Waals surface area contributed by atoms with Gasteiger partial charge in [0.25, 0.3) is 0 Å². The number of amides is 1. The molecule has 17 heavy (non-hydrogen) atoms. The first-order chi connectivity index (χ1) is 8.17. The summed E-state index contributed by atoms with van der Waals surface area (Å²) in [6.45, 7) is 3.06. The molecule has 2 saturated carbocycles. The highest BCUT2D eigenvalue weighted by Crippen LogP contribution is 2.37. The fraction of sp³-hybridized carbons (Fsp3) is 0.929. The maximum Gasteiger partial charge on any atom is 0.223 e. The molecule has 0 spiro atoms. The van der Waals surface area contributed by atoms with Gasteiger partial charge < -0.3 is 10.4 Å². The lowest BCUT2D eigenvalue weighted by atomic mass is 9.86. The van der Waals surface area contributed by atoms with Gasteiger partial charge in [-0.2, -0.15) is 0 Å². The normalized spacial score (nSPS) is 31.6. The van der Waals surface area contributed by atoms with Crippen LogP contribution >= 0.6 is 0 Å². The van der Waals surface area contributed by atoms with Crippen LogP contribution in [-0.4, -0.2) is 24.2 Å². The molecule has 2 unspecified atom stereocenters. The molecule has 3 heteroatoms. The van der Waals surface area contributed by atoms with Crippen LogP contribution in [0.15, 0.2) is 0 Å². The molecule has 2 atom stereocenters. The van der Waals surface area contributed by atoms with Crippen LogP contribution in [0.3, 0.4) is 0 Å². The van der Waals surface area contributed by atoms with Gasteiger partial charge in [-0.05, 0) is 31.6 Å². The first-order valence-electron chi connectivity index (χ1n) is 7.05. The van der Waals surface area contributed by atoms with E-state index < -0.39 is 0 Å². The van der Waals surface area contributed by atoms with Crippen LogP contribution in [0.1, 0.15) is 51.9 Å². The van der Waals surface area contributed by atoms with E-state index in [2.05, 4.69) is 12.2 Å². The Morgan fingerprint density at radius 3 is 2.53 bits per heavy atom. The van der Waals surface area contributed by atoms with Crippen molar-refractivity contribution in [1.82, 2.24) is 5.32 Å².